The first-order chi connectivity index (χ1) is 8.13. The largest absolute Gasteiger partial charge is 0.273 e. The zero-order chi connectivity index (χ0) is 12.3. The minimum Gasteiger partial charge on any atom is -0.201 e. The molecule has 0 spiro atoms. The van der Waals surface area contributed by atoms with E-state index in [1.165, 1.54) is 19.1 Å². The van der Waals surface area contributed by atoms with Crippen LogP contribution in [-0.2, 0) is 5.92 Å². The number of alkyl halides is 2. The maximum atomic E-state index is 13.4. The Morgan fingerprint density at radius 2 is 1.35 bits per heavy atom. The Labute approximate surface area is 99.9 Å². The molecule has 88 valence electrons. The summed E-state index contributed by atoms with van der Waals surface area (Å²) in [6.45, 7) is 1.49. The van der Waals surface area contributed by atoms with Gasteiger partial charge >= 0.3 is 0 Å². The average molecular weight is 232 g/mol. The number of halogens is 2. The summed E-state index contributed by atoms with van der Waals surface area (Å²) in [6.07, 6.45) is -0.169. The van der Waals surface area contributed by atoms with Crippen LogP contribution >= 0.6 is 0 Å². The van der Waals surface area contributed by atoms with Crippen LogP contribution in [0.2, 0.25) is 0 Å². The molecule has 0 heterocycles. The molecule has 2 aromatic carbocycles. The Hall–Kier alpha value is -1.70. The topological polar surface area (TPSA) is 0 Å². The highest BCUT2D eigenvalue weighted by molar-refractivity contribution is 5.63. The molecule has 0 aliphatic rings. The van der Waals surface area contributed by atoms with Gasteiger partial charge in [0.15, 0.2) is 0 Å². The molecule has 0 unspecified atom stereocenters. The molecule has 0 saturated heterocycles. The quantitative estimate of drug-likeness (QED) is 0.709. The molecule has 2 aromatic rings. The lowest BCUT2D eigenvalue weighted by Crippen LogP contribution is -2.10. The molecule has 2 heteroatoms. The molecular formula is C15H14F2. The van der Waals surface area contributed by atoms with Gasteiger partial charge in [-0.1, -0.05) is 61.5 Å². The van der Waals surface area contributed by atoms with Gasteiger partial charge in [-0.15, -0.1) is 0 Å². The van der Waals surface area contributed by atoms with Gasteiger partial charge in [-0.25, -0.2) is 8.78 Å². The Morgan fingerprint density at radius 3 is 1.88 bits per heavy atom. The zero-order valence-corrected chi connectivity index (χ0v) is 9.66. The third-order valence-corrected chi connectivity index (χ3v) is 2.86. The molecule has 0 saturated carbocycles. The lowest BCUT2D eigenvalue weighted by atomic mass is 10.0. The van der Waals surface area contributed by atoms with Crippen molar-refractivity contribution in [2.75, 3.05) is 0 Å². The van der Waals surface area contributed by atoms with Crippen molar-refractivity contribution in [3.63, 3.8) is 0 Å². The van der Waals surface area contributed by atoms with Gasteiger partial charge in [0.25, 0.3) is 5.92 Å². The predicted molar refractivity (Wildman–Crippen MR) is 66.1 cm³/mol. The highest BCUT2D eigenvalue weighted by atomic mass is 19.3. The Balaban J connectivity index is 2.31. The Bertz CT molecular complexity index is 472. The minimum absolute atomic E-state index is 0.0830. The van der Waals surface area contributed by atoms with Crippen molar-refractivity contribution in [3.8, 4) is 11.1 Å². The molecule has 0 atom stereocenters. The van der Waals surface area contributed by atoms with Crippen molar-refractivity contribution in [3.05, 3.63) is 60.2 Å². The molecule has 0 amide bonds. The summed E-state index contributed by atoms with van der Waals surface area (Å²) < 4.78 is 26.8. The number of hydrogen-bond acceptors (Lipinski definition) is 0. The highest BCUT2D eigenvalue weighted by Crippen LogP contribution is 2.32. The van der Waals surface area contributed by atoms with Gasteiger partial charge in [0, 0.05) is 12.0 Å². The maximum absolute atomic E-state index is 13.4. The first kappa shape index (κ1) is 11.8. The lowest BCUT2D eigenvalue weighted by Gasteiger charge is -2.14. The summed E-state index contributed by atoms with van der Waals surface area (Å²) >= 11 is 0. The van der Waals surface area contributed by atoms with E-state index in [9.17, 15) is 8.78 Å². The summed E-state index contributed by atoms with van der Waals surface area (Å²) in [6, 6.07) is 16.2. The number of rotatable bonds is 3. The Kier molecular flexibility index (Phi) is 3.23. The van der Waals surface area contributed by atoms with Crippen LogP contribution in [0.4, 0.5) is 8.78 Å². The van der Waals surface area contributed by atoms with Crippen LogP contribution in [0.1, 0.15) is 18.9 Å². The zero-order valence-electron chi connectivity index (χ0n) is 9.66. The van der Waals surface area contributed by atoms with E-state index in [0.717, 1.165) is 11.1 Å². The van der Waals surface area contributed by atoms with Crippen molar-refractivity contribution in [1.82, 2.24) is 0 Å². The summed E-state index contributed by atoms with van der Waals surface area (Å²) in [7, 11) is 0. The predicted octanol–water partition coefficient (Wildman–Crippen LogP) is 4.86. The fourth-order valence-corrected chi connectivity index (χ4v) is 1.74. The summed E-state index contributed by atoms with van der Waals surface area (Å²) in [4.78, 5) is 0. The van der Waals surface area contributed by atoms with Crippen molar-refractivity contribution in [2.45, 2.75) is 19.3 Å². The van der Waals surface area contributed by atoms with E-state index in [4.69, 9.17) is 0 Å². The second-order valence-corrected chi connectivity index (χ2v) is 4.00. The van der Waals surface area contributed by atoms with Gasteiger partial charge in [-0.3, -0.25) is 0 Å². The van der Waals surface area contributed by atoms with Crippen LogP contribution in [-0.4, -0.2) is 0 Å². The first-order valence-electron chi connectivity index (χ1n) is 5.67. The van der Waals surface area contributed by atoms with Crippen LogP contribution in [0, 0.1) is 0 Å². The van der Waals surface area contributed by atoms with Crippen LogP contribution < -0.4 is 0 Å². The van der Waals surface area contributed by atoms with Gasteiger partial charge < -0.3 is 0 Å². The van der Waals surface area contributed by atoms with E-state index in [-0.39, 0.29) is 12.0 Å². The smallest absolute Gasteiger partial charge is 0.201 e. The van der Waals surface area contributed by atoms with E-state index >= 15 is 0 Å². The third-order valence-electron chi connectivity index (χ3n) is 2.86. The van der Waals surface area contributed by atoms with Gasteiger partial charge in [-0.2, -0.15) is 0 Å². The van der Waals surface area contributed by atoms with Crippen molar-refractivity contribution in [1.29, 1.82) is 0 Å². The second kappa shape index (κ2) is 4.66. The lowest BCUT2D eigenvalue weighted by molar-refractivity contribution is -0.00826. The van der Waals surface area contributed by atoms with Gasteiger partial charge in [0.05, 0.1) is 0 Å². The molecule has 0 N–H and O–H groups in total. The molecule has 0 aromatic heterocycles. The van der Waals surface area contributed by atoms with E-state index < -0.39 is 5.92 Å². The van der Waals surface area contributed by atoms with Crippen LogP contribution in [0.15, 0.2) is 54.6 Å². The summed E-state index contributed by atoms with van der Waals surface area (Å²) in [5.41, 5.74) is 2.08. The van der Waals surface area contributed by atoms with E-state index in [1.54, 1.807) is 12.1 Å². The van der Waals surface area contributed by atoms with Gasteiger partial charge in [0.1, 0.15) is 0 Å². The van der Waals surface area contributed by atoms with Crippen molar-refractivity contribution >= 4 is 0 Å². The molecule has 0 aliphatic carbocycles. The molecule has 2 rings (SSSR count). The second-order valence-electron chi connectivity index (χ2n) is 4.00. The van der Waals surface area contributed by atoms with Crippen molar-refractivity contribution < 1.29 is 8.78 Å². The SMILES string of the molecule is CCC(F)(F)c1ccc(-c2ccccc2)cc1. The normalized spacial score (nSPS) is 11.5. The molecule has 0 aliphatic heterocycles. The molecule has 0 nitrogen and oxygen atoms in total. The van der Waals surface area contributed by atoms with Crippen LogP contribution in [0.5, 0.6) is 0 Å². The minimum atomic E-state index is -2.73. The summed E-state index contributed by atoms with van der Waals surface area (Å²) in [5, 5.41) is 0. The Morgan fingerprint density at radius 1 is 0.824 bits per heavy atom. The third kappa shape index (κ3) is 2.52. The molecule has 0 fully saturated rings. The monoisotopic (exact) mass is 232 g/mol. The van der Waals surface area contributed by atoms with Gasteiger partial charge in [-0.05, 0) is 11.1 Å². The first-order valence-corrected chi connectivity index (χ1v) is 5.67. The summed E-state index contributed by atoms with van der Waals surface area (Å²) in [5.74, 6) is -2.73. The standard InChI is InChI=1S/C15H14F2/c1-2-15(16,17)14-10-8-13(9-11-14)12-6-4-3-5-7-12/h3-11H,2H2,1H3. The average Bonchev–Trinajstić information content (AvgIpc) is 2.40. The van der Waals surface area contributed by atoms with E-state index in [0.29, 0.717) is 0 Å². The number of benzene rings is 2. The highest BCUT2D eigenvalue weighted by Gasteiger charge is 2.28. The van der Waals surface area contributed by atoms with E-state index in [1.807, 2.05) is 30.3 Å². The molecule has 17 heavy (non-hydrogen) atoms. The van der Waals surface area contributed by atoms with Crippen LogP contribution in [0.3, 0.4) is 0 Å². The fraction of sp³-hybridized carbons (Fsp3) is 0.200. The van der Waals surface area contributed by atoms with E-state index in [2.05, 4.69) is 0 Å². The maximum Gasteiger partial charge on any atom is 0.273 e. The van der Waals surface area contributed by atoms with Crippen molar-refractivity contribution in [2.24, 2.45) is 0 Å². The molecule has 0 bridgehead atoms. The number of hydrogen-bond donors (Lipinski definition) is 0. The van der Waals surface area contributed by atoms with Crippen LogP contribution in [0.25, 0.3) is 11.1 Å². The molecular weight excluding hydrogens is 218 g/mol. The van der Waals surface area contributed by atoms with Gasteiger partial charge in [0.2, 0.25) is 0 Å². The fourth-order valence-electron chi connectivity index (χ4n) is 1.74. The molecule has 0 radical (unpaired) electrons.